The molecule has 1 spiro atoms. The first-order valence-corrected chi connectivity index (χ1v) is 9.55. The summed E-state index contributed by atoms with van der Waals surface area (Å²) in [5, 5.41) is 20.4. The van der Waals surface area contributed by atoms with Crippen molar-refractivity contribution in [1.82, 2.24) is 9.88 Å². The smallest absolute Gasteiger partial charge is 0.194 e. The standard InChI is InChI=1S/C21H21N5O3/c1-26-19(27)21(25-20(26)23)15-7-13(14-6-12(8-22)9-24-10-14)2-3-17(15)29-18-4-5-28-11-16(18)21/h2-3,6-7,9-10,16,18-19,27H,4-5,11H2,1H3,(H2,23,25)/t16-,18?,19?,21-/m0/s1. The van der Waals surface area contributed by atoms with Crippen LogP contribution in [0.15, 0.2) is 41.7 Å². The molecule has 0 bridgehead atoms. The van der Waals surface area contributed by atoms with Gasteiger partial charge in [-0.25, -0.2) is 4.99 Å². The molecule has 4 atom stereocenters. The van der Waals surface area contributed by atoms with Gasteiger partial charge in [0, 0.05) is 37.0 Å². The van der Waals surface area contributed by atoms with Crippen LogP contribution in [0.25, 0.3) is 11.1 Å². The molecule has 2 unspecified atom stereocenters. The third kappa shape index (κ3) is 2.51. The fourth-order valence-corrected chi connectivity index (χ4v) is 4.64. The van der Waals surface area contributed by atoms with E-state index in [0.717, 1.165) is 23.1 Å². The average molecular weight is 391 g/mol. The Hall–Kier alpha value is -3.15. The van der Waals surface area contributed by atoms with E-state index >= 15 is 0 Å². The molecule has 8 heteroatoms. The molecule has 3 aliphatic rings. The summed E-state index contributed by atoms with van der Waals surface area (Å²) in [6.07, 6.45) is 2.92. The number of nitrogens with two attached hydrogens (primary N) is 1. The maximum absolute atomic E-state index is 11.2. The lowest BCUT2D eigenvalue weighted by atomic mass is 9.70. The molecule has 0 radical (unpaired) electrons. The highest BCUT2D eigenvalue weighted by atomic mass is 16.5. The van der Waals surface area contributed by atoms with Crippen LogP contribution in [0.5, 0.6) is 5.75 Å². The predicted octanol–water partition coefficient (Wildman–Crippen LogP) is 1.19. The van der Waals surface area contributed by atoms with Gasteiger partial charge in [0.25, 0.3) is 0 Å². The molecule has 4 heterocycles. The number of rotatable bonds is 1. The number of guanidine groups is 1. The van der Waals surface area contributed by atoms with Gasteiger partial charge in [0.1, 0.15) is 23.5 Å². The third-order valence-electron chi connectivity index (χ3n) is 6.17. The molecule has 29 heavy (non-hydrogen) atoms. The molecule has 8 nitrogen and oxygen atoms in total. The number of fused-ring (bicyclic) bond motifs is 4. The third-order valence-corrected chi connectivity index (χ3v) is 6.17. The van der Waals surface area contributed by atoms with Crippen molar-refractivity contribution in [2.24, 2.45) is 16.6 Å². The van der Waals surface area contributed by atoms with E-state index in [2.05, 4.69) is 11.1 Å². The Bertz CT molecular complexity index is 1050. The van der Waals surface area contributed by atoms with Crippen LogP contribution >= 0.6 is 0 Å². The minimum absolute atomic E-state index is 0.108. The normalized spacial score (nSPS) is 30.2. The molecular weight excluding hydrogens is 370 g/mol. The first-order valence-electron chi connectivity index (χ1n) is 9.55. The zero-order valence-electron chi connectivity index (χ0n) is 15.9. The predicted molar refractivity (Wildman–Crippen MR) is 105 cm³/mol. The molecule has 3 N–H and O–H groups in total. The number of aliphatic imine (C=N–C) groups is 1. The zero-order chi connectivity index (χ0) is 20.2. The number of aromatic nitrogens is 1. The SMILES string of the molecule is CN1C(N)=N[C@]2(c3cc(-c4cncc(C#N)c4)ccc3OC3CCOC[C@@H]32)C1O. The molecule has 1 fully saturated rings. The second kappa shape index (κ2) is 6.44. The minimum atomic E-state index is -0.978. The molecule has 0 saturated carbocycles. The second-order valence-corrected chi connectivity index (χ2v) is 7.69. The number of hydrogen-bond acceptors (Lipinski definition) is 8. The van der Waals surface area contributed by atoms with Crippen molar-refractivity contribution in [3.8, 4) is 22.9 Å². The Morgan fingerprint density at radius 3 is 2.93 bits per heavy atom. The van der Waals surface area contributed by atoms with E-state index in [1.54, 1.807) is 24.2 Å². The van der Waals surface area contributed by atoms with Crippen molar-refractivity contribution in [1.29, 1.82) is 5.26 Å². The molecule has 0 aliphatic carbocycles. The van der Waals surface area contributed by atoms with Crippen molar-refractivity contribution < 1.29 is 14.6 Å². The number of aliphatic hydroxyl groups excluding tert-OH is 1. The van der Waals surface area contributed by atoms with Crippen LogP contribution in [0.4, 0.5) is 0 Å². The molecule has 5 rings (SSSR count). The van der Waals surface area contributed by atoms with E-state index in [4.69, 9.17) is 20.2 Å². The Labute approximate surface area is 168 Å². The van der Waals surface area contributed by atoms with E-state index in [-0.39, 0.29) is 18.0 Å². The first-order chi connectivity index (χ1) is 14.0. The van der Waals surface area contributed by atoms with Crippen molar-refractivity contribution >= 4 is 5.96 Å². The summed E-state index contributed by atoms with van der Waals surface area (Å²) in [7, 11) is 1.73. The van der Waals surface area contributed by atoms with Gasteiger partial charge in [0.2, 0.25) is 0 Å². The van der Waals surface area contributed by atoms with E-state index in [9.17, 15) is 10.4 Å². The lowest BCUT2D eigenvalue weighted by molar-refractivity contribution is -0.113. The van der Waals surface area contributed by atoms with Gasteiger partial charge in [-0.3, -0.25) is 4.98 Å². The second-order valence-electron chi connectivity index (χ2n) is 7.69. The zero-order valence-corrected chi connectivity index (χ0v) is 15.9. The monoisotopic (exact) mass is 391 g/mol. The van der Waals surface area contributed by atoms with Gasteiger partial charge in [-0.2, -0.15) is 5.26 Å². The highest BCUT2D eigenvalue weighted by Gasteiger charge is 2.60. The topological polar surface area (TPSA) is 117 Å². The van der Waals surface area contributed by atoms with Crippen LogP contribution < -0.4 is 10.5 Å². The van der Waals surface area contributed by atoms with E-state index in [1.807, 2.05) is 18.2 Å². The molecular formula is C21H21N5O3. The minimum Gasteiger partial charge on any atom is -0.489 e. The lowest BCUT2D eigenvalue weighted by Crippen LogP contribution is -2.58. The average Bonchev–Trinajstić information content (AvgIpc) is 2.98. The first kappa shape index (κ1) is 17.9. The van der Waals surface area contributed by atoms with Gasteiger partial charge in [-0.05, 0) is 23.8 Å². The van der Waals surface area contributed by atoms with Gasteiger partial charge in [0.05, 0.1) is 24.7 Å². The van der Waals surface area contributed by atoms with Crippen LogP contribution in [-0.4, -0.2) is 53.5 Å². The molecule has 0 amide bonds. The van der Waals surface area contributed by atoms with Crippen LogP contribution in [0, 0.1) is 17.2 Å². The summed E-state index contributed by atoms with van der Waals surface area (Å²) in [6, 6.07) is 9.68. The molecule has 1 aromatic heterocycles. The number of ether oxygens (including phenoxy) is 2. The van der Waals surface area contributed by atoms with E-state index in [1.165, 1.54) is 6.20 Å². The summed E-state index contributed by atoms with van der Waals surface area (Å²) in [5.41, 5.74) is 8.07. The molecule has 2 aromatic rings. The largest absolute Gasteiger partial charge is 0.489 e. The number of nitriles is 1. The van der Waals surface area contributed by atoms with Gasteiger partial charge in [-0.1, -0.05) is 6.07 Å². The number of pyridine rings is 1. The number of hydrogen-bond donors (Lipinski definition) is 2. The van der Waals surface area contributed by atoms with Crippen LogP contribution in [-0.2, 0) is 10.3 Å². The van der Waals surface area contributed by atoms with E-state index in [0.29, 0.717) is 24.5 Å². The highest BCUT2D eigenvalue weighted by molar-refractivity contribution is 5.82. The summed E-state index contributed by atoms with van der Waals surface area (Å²) in [4.78, 5) is 10.5. The van der Waals surface area contributed by atoms with Crippen molar-refractivity contribution in [3.63, 3.8) is 0 Å². The van der Waals surface area contributed by atoms with Gasteiger partial charge >= 0.3 is 0 Å². The van der Waals surface area contributed by atoms with Crippen molar-refractivity contribution in [3.05, 3.63) is 47.8 Å². The van der Waals surface area contributed by atoms with Crippen LogP contribution in [0.1, 0.15) is 17.5 Å². The molecule has 3 aliphatic heterocycles. The van der Waals surface area contributed by atoms with Crippen molar-refractivity contribution in [2.75, 3.05) is 20.3 Å². The highest BCUT2D eigenvalue weighted by Crippen LogP contribution is 2.53. The van der Waals surface area contributed by atoms with Gasteiger partial charge < -0.3 is 25.2 Å². The van der Waals surface area contributed by atoms with Gasteiger partial charge in [0.15, 0.2) is 12.2 Å². The molecule has 1 aromatic carbocycles. The Morgan fingerprint density at radius 1 is 1.31 bits per heavy atom. The summed E-state index contributed by atoms with van der Waals surface area (Å²) < 4.78 is 12.0. The van der Waals surface area contributed by atoms with Gasteiger partial charge in [-0.15, -0.1) is 0 Å². The number of aliphatic hydroxyl groups is 1. The van der Waals surface area contributed by atoms with Crippen LogP contribution in [0.3, 0.4) is 0 Å². The fourth-order valence-electron chi connectivity index (χ4n) is 4.64. The summed E-state index contributed by atoms with van der Waals surface area (Å²) >= 11 is 0. The van der Waals surface area contributed by atoms with E-state index < -0.39 is 11.8 Å². The number of nitrogens with zero attached hydrogens (tertiary/aromatic N) is 4. The fraction of sp³-hybridized carbons (Fsp3) is 0.381. The number of benzene rings is 1. The molecule has 148 valence electrons. The summed E-state index contributed by atoms with van der Waals surface area (Å²) in [5.74, 6) is 0.807. The maximum atomic E-state index is 11.2. The van der Waals surface area contributed by atoms with Crippen LogP contribution in [0.2, 0.25) is 0 Å². The van der Waals surface area contributed by atoms with Crippen molar-refractivity contribution in [2.45, 2.75) is 24.3 Å². The Balaban J connectivity index is 1.71. The number of likely N-dealkylation sites (N-methyl/N-ethyl adjacent to an activating group) is 1. The Morgan fingerprint density at radius 2 is 2.17 bits per heavy atom. The molecule has 1 saturated heterocycles. The lowest BCUT2D eigenvalue weighted by Gasteiger charge is -2.48. The Kier molecular flexibility index (Phi) is 3.98. The maximum Gasteiger partial charge on any atom is 0.194 e. The quantitative estimate of drug-likeness (QED) is 0.750. The summed E-state index contributed by atoms with van der Waals surface area (Å²) in [6.45, 7) is 1.05.